The first-order valence-electron chi connectivity index (χ1n) is 10.7. The van der Waals surface area contributed by atoms with Crippen LogP contribution in [-0.4, -0.2) is 62.2 Å². The molecule has 0 radical (unpaired) electrons. The zero-order valence-corrected chi connectivity index (χ0v) is 18.2. The maximum Gasteiger partial charge on any atom is 0.256 e. The summed E-state index contributed by atoms with van der Waals surface area (Å²) in [6.07, 6.45) is 3.61. The summed E-state index contributed by atoms with van der Waals surface area (Å²) in [5.74, 6) is 1.56. The normalized spacial score (nSPS) is 14.4. The van der Waals surface area contributed by atoms with Crippen molar-refractivity contribution in [3.8, 4) is 11.5 Å². The van der Waals surface area contributed by atoms with Crippen molar-refractivity contribution in [1.29, 1.82) is 0 Å². The van der Waals surface area contributed by atoms with Crippen LogP contribution in [-0.2, 0) is 0 Å². The minimum atomic E-state index is -0.224. The van der Waals surface area contributed by atoms with Gasteiger partial charge in [0, 0.05) is 31.7 Å². The highest BCUT2D eigenvalue weighted by Gasteiger charge is 2.16. The van der Waals surface area contributed by atoms with Gasteiger partial charge in [-0.3, -0.25) is 4.79 Å². The van der Waals surface area contributed by atoms with Gasteiger partial charge in [-0.25, -0.2) is 4.98 Å². The van der Waals surface area contributed by atoms with Crippen molar-refractivity contribution < 1.29 is 14.3 Å². The molecule has 0 spiro atoms. The Labute approximate surface area is 179 Å². The predicted molar refractivity (Wildman–Crippen MR) is 120 cm³/mol. The van der Waals surface area contributed by atoms with Gasteiger partial charge in [-0.1, -0.05) is 13.8 Å². The average molecular weight is 413 g/mol. The Morgan fingerprint density at radius 2 is 1.70 bits per heavy atom. The van der Waals surface area contributed by atoms with Crippen LogP contribution in [0.5, 0.6) is 11.5 Å². The topological polar surface area (TPSA) is 66.9 Å². The largest absolute Gasteiger partial charge is 0.490 e. The molecule has 2 heterocycles. The second-order valence-electron chi connectivity index (χ2n) is 7.50. The van der Waals surface area contributed by atoms with Crippen molar-refractivity contribution in [2.45, 2.75) is 26.7 Å². The molecule has 0 atom stereocenters. The lowest BCUT2D eigenvalue weighted by molar-refractivity contribution is 0.102. The zero-order chi connectivity index (χ0) is 21.3. The van der Waals surface area contributed by atoms with E-state index in [9.17, 15) is 4.79 Å². The lowest BCUT2D eigenvalue weighted by Crippen LogP contribution is -2.44. The Morgan fingerprint density at radius 1 is 1.00 bits per heavy atom. The van der Waals surface area contributed by atoms with Crippen LogP contribution < -0.4 is 19.7 Å². The van der Waals surface area contributed by atoms with Gasteiger partial charge in [0.2, 0.25) is 0 Å². The number of amides is 1. The van der Waals surface area contributed by atoms with E-state index < -0.39 is 0 Å². The quantitative estimate of drug-likeness (QED) is 0.678. The van der Waals surface area contributed by atoms with Crippen LogP contribution >= 0.6 is 0 Å². The van der Waals surface area contributed by atoms with E-state index in [1.807, 2.05) is 25.3 Å². The average Bonchev–Trinajstić information content (AvgIpc) is 2.77. The highest BCUT2D eigenvalue weighted by molar-refractivity contribution is 6.04. The van der Waals surface area contributed by atoms with Gasteiger partial charge < -0.3 is 24.6 Å². The van der Waals surface area contributed by atoms with E-state index in [1.165, 1.54) is 0 Å². The van der Waals surface area contributed by atoms with Crippen molar-refractivity contribution in [2.24, 2.45) is 0 Å². The predicted octanol–water partition coefficient (Wildman–Crippen LogP) is 3.66. The number of anilines is 2. The number of piperazine rings is 1. The van der Waals surface area contributed by atoms with Gasteiger partial charge in [0.15, 0.2) is 11.5 Å². The number of rotatable bonds is 9. The molecular weight excluding hydrogens is 380 g/mol. The Kier molecular flexibility index (Phi) is 7.90. The van der Waals surface area contributed by atoms with E-state index in [0.29, 0.717) is 36.1 Å². The molecule has 2 aromatic rings. The number of likely N-dealkylation sites (N-methyl/N-ethyl adjacent to an activating group) is 1. The van der Waals surface area contributed by atoms with Crippen LogP contribution in [0.15, 0.2) is 36.5 Å². The van der Waals surface area contributed by atoms with Crippen molar-refractivity contribution in [3.05, 3.63) is 42.1 Å². The summed E-state index contributed by atoms with van der Waals surface area (Å²) in [4.78, 5) is 21.8. The maximum atomic E-state index is 12.7. The molecule has 1 saturated heterocycles. The molecule has 0 bridgehead atoms. The van der Waals surface area contributed by atoms with Crippen molar-refractivity contribution in [2.75, 3.05) is 56.7 Å². The Bertz CT molecular complexity index is 818. The number of carbonyl (C=O) groups is 1. The summed E-state index contributed by atoms with van der Waals surface area (Å²) in [7, 11) is 2.13. The molecule has 0 unspecified atom stereocenters. The lowest BCUT2D eigenvalue weighted by atomic mass is 10.2. The van der Waals surface area contributed by atoms with Gasteiger partial charge in [0.1, 0.15) is 5.82 Å². The first kappa shape index (κ1) is 21.9. The highest BCUT2D eigenvalue weighted by atomic mass is 16.5. The number of ether oxygens (including phenoxy) is 2. The van der Waals surface area contributed by atoms with Crippen molar-refractivity contribution >= 4 is 17.4 Å². The van der Waals surface area contributed by atoms with Crippen LogP contribution in [0, 0.1) is 0 Å². The number of nitrogens with zero attached hydrogens (tertiary/aromatic N) is 3. The van der Waals surface area contributed by atoms with E-state index in [-0.39, 0.29) is 5.91 Å². The fourth-order valence-electron chi connectivity index (χ4n) is 3.21. The van der Waals surface area contributed by atoms with Crippen LogP contribution in [0.2, 0.25) is 0 Å². The molecule has 1 fully saturated rings. The molecule has 0 saturated carbocycles. The number of hydrogen-bond donors (Lipinski definition) is 1. The minimum absolute atomic E-state index is 0.224. The SMILES string of the molecule is CCCOc1ccc(C(=O)Nc2ccc(N3CCN(C)CC3)cn2)cc1OCCC. The number of benzene rings is 1. The molecule has 7 heteroatoms. The van der Waals surface area contributed by atoms with Gasteiger partial charge in [-0.05, 0) is 50.2 Å². The Morgan fingerprint density at radius 3 is 2.33 bits per heavy atom. The number of aromatic nitrogens is 1. The lowest BCUT2D eigenvalue weighted by Gasteiger charge is -2.33. The molecule has 1 aliphatic rings. The summed E-state index contributed by atoms with van der Waals surface area (Å²) in [6.45, 7) is 9.32. The molecule has 1 aromatic carbocycles. The number of carbonyl (C=O) groups excluding carboxylic acids is 1. The second kappa shape index (κ2) is 10.8. The second-order valence-corrected chi connectivity index (χ2v) is 7.50. The first-order valence-corrected chi connectivity index (χ1v) is 10.7. The van der Waals surface area contributed by atoms with Crippen molar-refractivity contribution in [1.82, 2.24) is 9.88 Å². The summed E-state index contributed by atoms with van der Waals surface area (Å²) in [6, 6.07) is 9.12. The van der Waals surface area contributed by atoms with Gasteiger partial charge in [-0.15, -0.1) is 0 Å². The minimum Gasteiger partial charge on any atom is -0.490 e. The van der Waals surface area contributed by atoms with E-state index >= 15 is 0 Å². The molecule has 30 heavy (non-hydrogen) atoms. The van der Waals surface area contributed by atoms with Crippen LogP contribution in [0.25, 0.3) is 0 Å². The first-order chi connectivity index (χ1) is 14.6. The fourth-order valence-corrected chi connectivity index (χ4v) is 3.21. The molecule has 162 valence electrons. The van der Waals surface area contributed by atoms with Gasteiger partial charge in [0.05, 0.1) is 25.1 Å². The van der Waals surface area contributed by atoms with Gasteiger partial charge in [-0.2, -0.15) is 0 Å². The van der Waals surface area contributed by atoms with Gasteiger partial charge in [0.25, 0.3) is 5.91 Å². The van der Waals surface area contributed by atoms with E-state index in [2.05, 4.69) is 34.1 Å². The third kappa shape index (κ3) is 5.86. The zero-order valence-electron chi connectivity index (χ0n) is 18.2. The molecule has 1 aromatic heterocycles. The fraction of sp³-hybridized carbons (Fsp3) is 0.478. The molecule has 0 aliphatic carbocycles. The van der Waals surface area contributed by atoms with Crippen LogP contribution in [0.1, 0.15) is 37.0 Å². The Balaban J connectivity index is 1.65. The molecule has 1 amide bonds. The van der Waals surface area contributed by atoms with Crippen LogP contribution in [0.4, 0.5) is 11.5 Å². The summed E-state index contributed by atoms with van der Waals surface area (Å²) in [5, 5.41) is 2.87. The van der Waals surface area contributed by atoms with Gasteiger partial charge >= 0.3 is 0 Å². The molecule has 1 N–H and O–H groups in total. The molecule has 1 aliphatic heterocycles. The standard InChI is InChI=1S/C23H32N4O3/c1-4-14-29-20-8-6-18(16-21(20)30-15-5-2)23(28)25-22-9-7-19(17-24-22)27-12-10-26(3)11-13-27/h6-9,16-17H,4-5,10-15H2,1-3H3,(H,24,25,28). The summed E-state index contributed by atoms with van der Waals surface area (Å²) < 4.78 is 11.5. The Hall–Kier alpha value is -2.80. The van der Waals surface area contributed by atoms with E-state index in [4.69, 9.17) is 9.47 Å². The maximum absolute atomic E-state index is 12.7. The van der Waals surface area contributed by atoms with Crippen molar-refractivity contribution in [3.63, 3.8) is 0 Å². The molecule has 7 nitrogen and oxygen atoms in total. The molecule has 3 rings (SSSR count). The number of hydrogen-bond acceptors (Lipinski definition) is 6. The van der Waals surface area contributed by atoms with Crippen LogP contribution in [0.3, 0.4) is 0 Å². The monoisotopic (exact) mass is 412 g/mol. The third-order valence-electron chi connectivity index (χ3n) is 4.99. The summed E-state index contributed by atoms with van der Waals surface area (Å²) >= 11 is 0. The highest BCUT2D eigenvalue weighted by Crippen LogP contribution is 2.29. The molecular formula is C23H32N4O3. The summed E-state index contributed by atoms with van der Waals surface area (Å²) in [5.41, 5.74) is 1.59. The van der Waals surface area contributed by atoms with E-state index in [0.717, 1.165) is 44.7 Å². The van der Waals surface area contributed by atoms with E-state index in [1.54, 1.807) is 18.2 Å². The third-order valence-corrected chi connectivity index (χ3v) is 4.99. The smallest absolute Gasteiger partial charge is 0.256 e. The number of pyridine rings is 1. The number of nitrogens with one attached hydrogen (secondary N) is 1.